The van der Waals surface area contributed by atoms with Crippen LogP contribution in [0.15, 0.2) is 41.3 Å². The fraction of sp³-hybridized carbons (Fsp3) is 0.429. The lowest BCUT2D eigenvalue weighted by Crippen LogP contribution is -2.60. The zero-order valence-electron chi connectivity index (χ0n) is 17.0. The van der Waals surface area contributed by atoms with Gasteiger partial charge in [0.25, 0.3) is 0 Å². The lowest BCUT2D eigenvalue weighted by molar-refractivity contribution is -0.167. The zero-order valence-corrected chi connectivity index (χ0v) is 19.3. The number of halogens is 5. The van der Waals surface area contributed by atoms with Crippen molar-refractivity contribution in [2.75, 3.05) is 25.9 Å². The number of alkyl halides is 3. The van der Waals surface area contributed by atoms with E-state index in [0.717, 1.165) is 17.4 Å². The molecule has 2 aromatic carbocycles. The van der Waals surface area contributed by atoms with Gasteiger partial charge in [0, 0.05) is 41.5 Å². The van der Waals surface area contributed by atoms with Gasteiger partial charge in [0.15, 0.2) is 9.84 Å². The van der Waals surface area contributed by atoms with E-state index < -0.39 is 28.2 Å². The first-order valence-corrected chi connectivity index (χ1v) is 12.6. The summed E-state index contributed by atoms with van der Waals surface area (Å²) in [5, 5.41) is 3.38. The van der Waals surface area contributed by atoms with E-state index in [1.807, 2.05) is 0 Å². The number of hydrogen-bond donors (Lipinski definition) is 1. The summed E-state index contributed by atoms with van der Waals surface area (Å²) in [6.45, 7) is 0.408. The molecule has 5 nitrogen and oxygen atoms in total. The van der Waals surface area contributed by atoms with Crippen molar-refractivity contribution < 1.29 is 26.3 Å². The summed E-state index contributed by atoms with van der Waals surface area (Å²) < 4.78 is 69.7. The van der Waals surface area contributed by atoms with E-state index in [9.17, 15) is 21.6 Å². The zero-order chi connectivity index (χ0) is 23.3. The largest absolute Gasteiger partial charge is 0.484 e. The highest BCUT2D eigenvalue weighted by atomic mass is 35.5. The van der Waals surface area contributed by atoms with Gasteiger partial charge in [0.1, 0.15) is 17.9 Å². The predicted molar refractivity (Wildman–Crippen MR) is 116 cm³/mol. The summed E-state index contributed by atoms with van der Waals surface area (Å²) in [6.07, 6.45) is -3.44. The van der Waals surface area contributed by atoms with Gasteiger partial charge in [0.05, 0.1) is 10.9 Å². The molecule has 0 saturated carbocycles. The predicted octanol–water partition coefficient (Wildman–Crippen LogP) is 4.28. The van der Waals surface area contributed by atoms with Gasteiger partial charge in [-0.1, -0.05) is 23.2 Å². The minimum atomic E-state index is -4.36. The van der Waals surface area contributed by atoms with Crippen LogP contribution in [0, 0.1) is 0 Å². The second-order valence-corrected chi connectivity index (χ2v) is 10.9. The summed E-state index contributed by atoms with van der Waals surface area (Å²) >= 11 is 12.6. The van der Waals surface area contributed by atoms with Gasteiger partial charge in [-0.05, 0) is 48.4 Å². The maximum absolute atomic E-state index is 13.4. The molecule has 0 aromatic heterocycles. The smallest absolute Gasteiger partial charge is 0.405 e. The van der Waals surface area contributed by atoms with Gasteiger partial charge in [-0.25, -0.2) is 8.42 Å². The Morgan fingerprint density at radius 3 is 2.47 bits per heavy atom. The summed E-state index contributed by atoms with van der Waals surface area (Å²) in [7, 11) is -3.37. The fourth-order valence-corrected chi connectivity index (χ4v) is 5.50. The Bertz CT molecular complexity index is 1110. The van der Waals surface area contributed by atoms with E-state index in [4.69, 9.17) is 27.9 Å². The van der Waals surface area contributed by atoms with Crippen LogP contribution in [0.4, 0.5) is 13.2 Å². The van der Waals surface area contributed by atoms with E-state index in [2.05, 4.69) is 5.32 Å². The van der Waals surface area contributed by atoms with Gasteiger partial charge in [-0.3, -0.25) is 4.90 Å². The van der Waals surface area contributed by atoms with Crippen LogP contribution in [-0.2, 0) is 16.3 Å². The molecule has 0 spiro atoms. The molecule has 0 amide bonds. The quantitative estimate of drug-likeness (QED) is 0.667. The molecule has 1 aliphatic carbocycles. The lowest BCUT2D eigenvalue weighted by Gasteiger charge is -2.40. The maximum atomic E-state index is 13.4. The maximum Gasteiger partial charge on any atom is 0.405 e. The van der Waals surface area contributed by atoms with Crippen molar-refractivity contribution >= 4 is 33.0 Å². The van der Waals surface area contributed by atoms with Crippen LogP contribution in [0.2, 0.25) is 10.0 Å². The summed E-state index contributed by atoms with van der Waals surface area (Å²) in [5.41, 5.74) is 1.52. The number of rotatable bonds is 4. The second kappa shape index (κ2) is 8.68. The molecule has 0 radical (unpaired) electrons. The summed E-state index contributed by atoms with van der Waals surface area (Å²) in [6, 6.07) is 7.26. The lowest BCUT2D eigenvalue weighted by atomic mass is 10.1. The number of fused-ring (bicyclic) bond motifs is 1. The van der Waals surface area contributed by atoms with Crippen molar-refractivity contribution in [1.29, 1.82) is 0 Å². The number of nitrogens with one attached hydrogen (secondary N) is 1. The van der Waals surface area contributed by atoms with E-state index >= 15 is 0 Å². The number of benzene rings is 2. The molecule has 0 bridgehead atoms. The Labute approximate surface area is 194 Å². The van der Waals surface area contributed by atoms with Crippen molar-refractivity contribution in [3.05, 3.63) is 57.6 Å². The highest BCUT2D eigenvalue weighted by molar-refractivity contribution is 7.90. The van der Waals surface area contributed by atoms with Crippen molar-refractivity contribution in [3.63, 3.8) is 0 Å². The number of ether oxygens (including phenoxy) is 1. The normalized spacial score (nSPS) is 24.4. The monoisotopic (exact) mass is 508 g/mol. The molecule has 1 saturated heterocycles. The van der Waals surface area contributed by atoms with Crippen LogP contribution in [0.25, 0.3) is 0 Å². The van der Waals surface area contributed by atoms with Crippen LogP contribution < -0.4 is 10.1 Å². The van der Waals surface area contributed by atoms with Crippen molar-refractivity contribution in [2.24, 2.45) is 0 Å². The van der Waals surface area contributed by atoms with Gasteiger partial charge < -0.3 is 10.1 Å². The van der Waals surface area contributed by atoms with Gasteiger partial charge in [0.2, 0.25) is 0 Å². The first kappa shape index (κ1) is 23.6. The second-order valence-electron chi connectivity index (χ2n) is 8.05. The van der Waals surface area contributed by atoms with Crippen LogP contribution in [0.5, 0.6) is 5.75 Å². The average molecular weight is 509 g/mol. The van der Waals surface area contributed by atoms with E-state index in [-0.39, 0.29) is 24.0 Å². The van der Waals surface area contributed by atoms with Gasteiger partial charge >= 0.3 is 6.18 Å². The molecule has 11 heteroatoms. The Morgan fingerprint density at radius 2 is 1.84 bits per heavy atom. The molecule has 2 aliphatic rings. The minimum absolute atomic E-state index is 0.148. The van der Waals surface area contributed by atoms with Crippen molar-refractivity contribution in [3.8, 4) is 5.75 Å². The number of hydrogen-bond acceptors (Lipinski definition) is 5. The first-order valence-electron chi connectivity index (χ1n) is 9.92. The van der Waals surface area contributed by atoms with Crippen LogP contribution in [0.3, 0.4) is 0 Å². The summed E-state index contributed by atoms with van der Waals surface area (Å²) in [5.74, 6) is 0.402. The van der Waals surface area contributed by atoms with E-state index in [1.165, 1.54) is 24.3 Å². The van der Waals surface area contributed by atoms with Gasteiger partial charge in [-0.2, -0.15) is 13.2 Å². The van der Waals surface area contributed by atoms with Crippen LogP contribution >= 0.6 is 23.2 Å². The topological polar surface area (TPSA) is 58.6 Å². The first-order chi connectivity index (χ1) is 14.9. The molecular formula is C21H21Cl2F3N2O3S. The SMILES string of the molecule is CS(=O)(=O)c1ccc(O[C@H]2c3cc(Cl)cc(Cl)c3C[C@@H]2N2CCNC(C(F)(F)F)C2)cc1. The Hall–Kier alpha value is -1.52. The highest BCUT2D eigenvalue weighted by Crippen LogP contribution is 2.43. The summed E-state index contributed by atoms with van der Waals surface area (Å²) in [4.78, 5) is 1.92. The molecule has 174 valence electrons. The standard InChI is InChI=1S/C21H21Cl2F3N2O3S/c1-32(29,30)14-4-2-13(3-5-14)31-20-16-8-12(22)9-17(23)15(16)10-18(20)28-7-6-27-19(11-28)21(24,25)26/h2-5,8-9,18-20,27H,6-7,10-11H2,1H3/t18-,19?,20-/m0/s1. The number of sulfone groups is 1. The third-order valence-electron chi connectivity index (χ3n) is 5.85. The molecular weight excluding hydrogens is 488 g/mol. The molecule has 2 aromatic rings. The molecule has 1 fully saturated rings. The van der Waals surface area contributed by atoms with Crippen LogP contribution in [-0.4, -0.2) is 57.5 Å². The van der Waals surface area contributed by atoms with E-state index in [1.54, 1.807) is 17.0 Å². The Kier molecular flexibility index (Phi) is 6.41. The Balaban J connectivity index is 1.66. The van der Waals surface area contributed by atoms with Gasteiger partial charge in [-0.15, -0.1) is 0 Å². The molecule has 3 atom stereocenters. The number of nitrogens with zero attached hydrogens (tertiary/aromatic N) is 1. The highest BCUT2D eigenvalue weighted by Gasteiger charge is 2.46. The fourth-order valence-electron chi connectivity index (χ4n) is 4.28. The van der Waals surface area contributed by atoms with Crippen molar-refractivity contribution in [2.45, 2.75) is 35.7 Å². The molecule has 1 unspecified atom stereocenters. The molecule has 32 heavy (non-hydrogen) atoms. The average Bonchev–Trinajstić information content (AvgIpc) is 3.06. The third kappa shape index (κ3) is 4.87. The minimum Gasteiger partial charge on any atom is -0.484 e. The molecule has 1 N–H and O–H groups in total. The third-order valence-corrected chi connectivity index (χ3v) is 7.53. The molecule has 4 rings (SSSR count). The van der Waals surface area contributed by atoms with E-state index in [0.29, 0.717) is 28.8 Å². The molecule has 1 aliphatic heterocycles. The Morgan fingerprint density at radius 1 is 1.16 bits per heavy atom. The number of piperazine rings is 1. The van der Waals surface area contributed by atoms with Crippen molar-refractivity contribution in [1.82, 2.24) is 10.2 Å². The molecule has 1 heterocycles. The van der Waals surface area contributed by atoms with Crippen LogP contribution in [0.1, 0.15) is 17.2 Å².